The van der Waals surface area contributed by atoms with E-state index in [9.17, 15) is 4.79 Å². The Morgan fingerprint density at radius 3 is 2.88 bits per heavy atom. The van der Waals surface area contributed by atoms with Crippen LogP contribution in [0.25, 0.3) is 0 Å². The second-order valence-corrected chi connectivity index (χ2v) is 3.93. The summed E-state index contributed by atoms with van der Waals surface area (Å²) in [5, 5.41) is 9.12. The molecular weight excluding hydrogens is 246 g/mol. The summed E-state index contributed by atoms with van der Waals surface area (Å²) in [6.07, 6.45) is 0.118. The number of carbonyl (C=O) groups excluding carboxylic acids is 1. The molecule has 0 aromatic heterocycles. The summed E-state index contributed by atoms with van der Waals surface area (Å²) in [7, 11) is 0. The number of esters is 1. The maximum atomic E-state index is 11.2. The average molecular weight is 256 g/mol. The van der Waals surface area contributed by atoms with Crippen molar-refractivity contribution in [2.45, 2.75) is 18.2 Å². The van der Waals surface area contributed by atoms with E-state index in [2.05, 4.69) is 12.6 Å². The van der Waals surface area contributed by atoms with Crippen LogP contribution in [0.4, 0.5) is 0 Å². The molecule has 0 heterocycles. The van der Waals surface area contributed by atoms with Crippen molar-refractivity contribution < 1.29 is 9.53 Å². The Balaban J connectivity index is 2.95. The zero-order chi connectivity index (χ0) is 12.1. The van der Waals surface area contributed by atoms with E-state index in [1.54, 1.807) is 19.1 Å². The van der Waals surface area contributed by atoms with Crippen LogP contribution in [-0.2, 0) is 16.0 Å². The Labute approximate surface area is 104 Å². The minimum Gasteiger partial charge on any atom is -0.466 e. The predicted molar refractivity (Wildman–Crippen MR) is 63.8 cm³/mol. The number of ether oxygens (including phenoxy) is 1. The van der Waals surface area contributed by atoms with Gasteiger partial charge in [0.05, 0.1) is 23.6 Å². The number of benzene rings is 1. The van der Waals surface area contributed by atoms with E-state index in [0.717, 1.165) is 0 Å². The molecule has 0 atom stereocenters. The number of hydrogen-bond acceptors (Lipinski definition) is 4. The minimum absolute atomic E-state index is 0.118. The quantitative estimate of drug-likeness (QED) is 0.667. The lowest BCUT2D eigenvalue weighted by Crippen LogP contribution is -2.07. The average Bonchev–Trinajstić information content (AvgIpc) is 2.23. The van der Waals surface area contributed by atoms with Gasteiger partial charge in [0.25, 0.3) is 0 Å². The van der Waals surface area contributed by atoms with Crippen molar-refractivity contribution in [3.8, 4) is 6.07 Å². The first-order chi connectivity index (χ1) is 7.58. The van der Waals surface area contributed by atoms with Crippen LogP contribution >= 0.6 is 24.2 Å². The summed E-state index contributed by atoms with van der Waals surface area (Å²) in [6.45, 7) is 2.08. The fourth-order valence-electron chi connectivity index (χ4n) is 1.23. The Hall–Kier alpha value is -1.18. The molecule has 3 nitrogen and oxygen atoms in total. The minimum atomic E-state index is -0.332. The van der Waals surface area contributed by atoms with Crippen molar-refractivity contribution in [3.05, 3.63) is 28.3 Å². The normalized spacial score (nSPS) is 9.62. The van der Waals surface area contributed by atoms with Crippen molar-refractivity contribution >= 4 is 30.2 Å². The fraction of sp³-hybridized carbons (Fsp3) is 0.273. The molecule has 0 amide bonds. The maximum Gasteiger partial charge on any atom is 0.310 e. The molecular formula is C11H10ClNO2S. The first-order valence-corrected chi connectivity index (χ1v) is 5.48. The standard InChI is InChI=1S/C11H10ClNO2S/c1-2-15-10(14)5-7-3-8(6-13)11(12)9(16)4-7/h3-4,16H,2,5H2,1H3. The van der Waals surface area contributed by atoms with E-state index in [4.69, 9.17) is 21.6 Å². The summed E-state index contributed by atoms with van der Waals surface area (Å²) in [4.78, 5) is 11.7. The highest BCUT2D eigenvalue weighted by Gasteiger charge is 2.10. The van der Waals surface area contributed by atoms with Gasteiger partial charge in [0, 0.05) is 4.90 Å². The lowest BCUT2D eigenvalue weighted by Gasteiger charge is -2.05. The molecule has 0 aliphatic heterocycles. The van der Waals surface area contributed by atoms with Gasteiger partial charge in [-0.3, -0.25) is 4.79 Å². The third-order valence-electron chi connectivity index (χ3n) is 1.89. The topological polar surface area (TPSA) is 50.1 Å². The number of halogens is 1. The predicted octanol–water partition coefficient (Wildman–Crippen LogP) is 2.61. The molecule has 5 heteroatoms. The Morgan fingerprint density at radius 1 is 1.62 bits per heavy atom. The van der Waals surface area contributed by atoms with Gasteiger partial charge in [0.2, 0.25) is 0 Å². The van der Waals surface area contributed by atoms with Crippen molar-refractivity contribution in [2.24, 2.45) is 0 Å². The summed E-state index contributed by atoms with van der Waals surface area (Å²) < 4.78 is 4.81. The van der Waals surface area contributed by atoms with Crippen LogP contribution in [0.3, 0.4) is 0 Å². The summed E-state index contributed by atoms with van der Waals surface area (Å²) in [5.74, 6) is -0.332. The van der Waals surface area contributed by atoms with Gasteiger partial charge in [-0.15, -0.1) is 12.6 Å². The molecule has 1 aromatic rings. The molecule has 0 aliphatic rings. The van der Waals surface area contributed by atoms with E-state index in [-0.39, 0.29) is 12.4 Å². The van der Waals surface area contributed by atoms with Gasteiger partial charge in [0.1, 0.15) is 6.07 Å². The molecule has 0 aliphatic carbocycles. The number of carbonyl (C=O) groups is 1. The van der Waals surface area contributed by atoms with Gasteiger partial charge >= 0.3 is 5.97 Å². The maximum absolute atomic E-state index is 11.2. The van der Waals surface area contributed by atoms with Crippen LogP contribution in [0.2, 0.25) is 5.02 Å². The fourth-order valence-corrected chi connectivity index (χ4v) is 1.67. The van der Waals surface area contributed by atoms with Crippen LogP contribution < -0.4 is 0 Å². The third kappa shape index (κ3) is 3.16. The highest BCUT2D eigenvalue weighted by atomic mass is 35.5. The second kappa shape index (κ2) is 5.78. The van der Waals surface area contributed by atoms with Gasteiger partial charge < -0.3 is 4.74 Å². The molecule has 0 saturated carbocycles. The van der Waals surface area contributed by atoms with Gasteiger partial charge in [-0.1, -0.05) is 11.6 Å². The van der Waals surface area contributed by atoms with E-state index in [0.29, 0.717) is 27.7 Å². The van der Waals surface area contributed by atoms with E-state index >= 15 is 0 Å². The Morgan fingerprint density at radius 2 is 2.31 bits per heavy atom. The summed E-state index contributed by atoms with van der Waals surface area (Å²) in [5.41, 5.74) is 0.984. The van der Waals surface area contributed by atoms with Crippen molar-refractivity contribution in [1.29, 1.82) is 5.26 Å². The lowest BCUT2D eigenvalue weighted by molar-refractivity contribution is -0.142. The molecule has 0 N–H and O–H groups in total. The summed E-state index contributed by atoms with van der Waals surface area (Å²) >= 11 is 9.98. The van der Waals surface area contributed by atoms with Gasteiger partial charge in [0.15, 0.2) is 0 Å². The molecule has 0 unspecified atom stereocenters. The highest BCUT2D eigenvalue weighted by molar-refractivity contribution is 7.80. The van der Waals surface area contributed by atoms with Crippen LogP contribution in [-0.4, -0.2) is 12.6 Å². The molecule has 0 fully saturated rings. The van der Waals surface area contributed by atoms with E-state index in [1.165, 1.54) is 0 Å². The third-order valence-corrected chi connectivity index (χ3v) is 2.78. The molecule has 0 saturated heterocycles. The van der Waals surface area contributed by atoms with Gasteiger partial charge in [-0.25, -0.2) is 0 Å². The summed E-state index contributed by atoms with van der Waals surface area (Å²) in [6, 6.07) is 5.17. The van der Waals surface area contributed by atoms with Crippen molar-refractivity contribution in [1.82, 2.24) is 0 Å². The van der Waals surface area contributed by atoms with E-state index < -0.39 is 0 Å². The molecule has 0 radical (unpaired) electrons. The number of rotatable bonds is 3. The molecule has 0 bridgehead atoms. The Kier molecular flexibility index (Phi) is 4.66. The van der Waals surface area contributed by atoms with Crippen LogP contribution in [0, 0.1) is 11.3 Å². The van der Waals surface area contributed by atoms with Gasteiger partial charge in [-0.05, 0) is 24.6 Å². The lowest BCUT2D eigenvalue weighted by atomic mass is 10.1. The molecule has 1 aromatic carbocycles. The highest BCUT2D eigenvalue weighted by Crippen LogP contribution is 2.26. The number of thiol groups is 1. The monoisotopic (exact) mass is 255 g/mol. The van der Waals surface area contributed by atoms with Crippen molar-refractivity contribution in [3.63, 3.8) is 0 Å². The van der Waals surface area contributed by atoms with Crippen LogP contribution in [0.5, 0.6) is 0 Å². The SMILES string of the molecule is CCOC(=O)Cc1cc(S)c(Cl)c(C#N)c1. The smallest absolute Gasteiger partial charge is 0.310 e. The van der Waals surface area contributed by atoms with E-state index in [1.807, 2.05) is 6.07 Å². The number of nitrogens with zero attached hydrogens (tertiary/aromatic N) is 1. The first kappa shape index (κ1) is 12.9. The molecule has 0 spiro atoms. The zero-order valence-corrected chi connectivity index (χ0v) is 10.3. The first-order valence-electron chi connectivity index (χ1n) is 4.65. The van der Waals surface area contributed by atoms with Crippen LogP contribution in [0.15, 0.2) is 17.0 Å². The van der Waals surface area contributed by atoms with Crippen LogP contribution in [0.1, 0.15) is 18.1 Å². The largest absolute Gasteiger partial charge is 0.466 e. The molecule has 84 valence electrons. The van der Waals surface area contributed by atoms with Crippen molar-refractivity contribution in [2.75, 3.05) is 6.61 Å². The second-order valence-electron chi connectivity index (χ2n) is 3.07. The van der Waals surface area contributed by atoms with Gasteiger partial charge in [-0.2, -0.15) is 5.26 Å². The zero-order valence-electron chi connectivity index (χ0n) is 8.66. The molecule has 1 rings (SSSR count). The molecule has 16 heavy (non-hydrogen) atoms. The Bertz CT molecular complexity index is 454. The number of nitriles is 1. The number of hydrogen-bond donors (Lipinski definition) is 1.